The summed E-state index contributed by atoms with van der Waals surface area (Å²) < 4.78 is 10.7. The van der Waals surface area contributed by atoms with Crippen LogP contribution in [0.15, 0.2) is 16.2 Å². The van der Waals surface area contributed by atoms with Crippen molar-refractivity contribution < 1.29 is 18.7 Å². The first kappa shape index (κ1) is 14.9. The van der Waals surface area contributed by atoms with Gasteiger partial charge in [0.15, 0.2) is 5.78 Å². The second-order valence-corrected chi connectivity index (χ2v) is 6.37. The highest BCUT2D eigenvalue weighted by atomic mass is 16.5. The number of carbonyl (C=O) groups excluding carboxylic acids is 2. The van der Waals surface area contributed by atoms with Crippen molar-refractivity contribution in [3.8, 4) is 0 Å². The molecular formula is C17H21NO4. The third-order valence-electron chi connectivity index (χ3n) is 4.46. The summed E-state index contributed by atoms with van der Waals surface area (Å²) in [5.74, 6) is 0.301. The predicted octanol–water partition coefficient (Wildman–Crippen LogP) is 2.73. The zero-order valence-electron chi connectivity index (χ0n) is 13.5. The van der Waals surface area contributed by atoms with Crippen LogP contribution in [0.1, 0.15) is 52.0 Å². The molecule has 22 heavy (non-hydrogen) atoms. The maximum atomic E-state index is 12.9. The second kappa shape index (κ2) is 5.00. The summed E-state index contributed by atoms with van der Waals surface area (Å²) in [6.07, 6.45) is 4.58. The van der Waals surface area contributed by atoms with Gasteiger partial charge in [-0.1, -0.05) is 0 Å². The van der Waals surface area contributed by atoms with Crippen molar-refractivity contribution in [2.75, 3.05) is 20.7 Å². The van der Waals surface area contributed by atoms with Crippen LogP contribution in [0.3, 0.4) is 0 Å². The Morgan fingerprint density at radius 3 is 2.64 bits per heavy atom. The summed E-state index contributed by atoms with van der Waals surface area (Å²) in [6, 6.07) is 0. The molecule has 0 amide bonds. The van der Waals surface area contributed by atoms with E-state index in [4.69, 9.17) is 9.15 Å². The number of hydrogen-bond acceptors (Lipinski definition) is 5. The van der Waals surface area contributed by atoms with Gasteiger partial charge in [0.25, 0.3) is 0 Å². The first-order valence-corrected chi connectivity index (χ1v) is 7.62. The molecule has 5 nitrogen and oxygen atoms in total. The summed E-state index contributed by atoms with van der Waals surface area (Å²) in [4.78, 5) is 26.8. The fourth-order valence-electron chi connectivity index (χ4n) is 3.22. The first-order valence-electron chi connectivity index (χ1n) is 7.62. The number of ether oxygens (including phenoxy) is 1. The van der Waals surface area contributed by atoms with Crippen molar-refractivity contribution in [2.45, 2.75) is 33.1 Å². The molecule has 1 fully saturated rings. The van der Waals surface area contributed by atoms with E-state index in [1.807, 2.05) is 25.2 Å². The molecule has 118 valence electrons. The maximum Gasteiger partial charge on any atom is 0.374 e. The number of furan rings is 1. The summed E-state index contributed by atoms with van der Waals surface area (Å²) in [6.45, 7) is 3.79. The Hall–Kier alpha value is -2.04. The second-order valence-electron chi connectivity index (χ2n) is 6.37. The monoisotopic (exact) mass is 303 g/mol. The fraction of sp³-hybridized carbons (Fsp3) is 0.529. The summed E-state index contributed by atoms with van der Waals surface area (Å²) >= 11 is 0. The number of carbonyl (C=O) groups is 2. The Morgan fingerprint density at radius 1 is 1.41 bits per heavy atom. The van der Waals surface area contributed by atoms with E-state index in [9.17, 15) is 9.59 Å². The minimum atomic E-state index is -0.495. The van der Waals surface area contributed by atoms with Gasteiger partial charge in [0, 0.05) is 43.3 Å². The molecule has 5 heteroatoms. The van der Waals surface area contributed by atoms with Crippen molar-refractivity contribution in [3.63, 3.8) is 0 Å². The molecule has 2 aliphatic carbocycles. The third kappa shape index (κ3) is 2.16. The van der Waals surface area contributed by atoms with Gasteiger partial charge in [-0.05, 0) is 26.7 Å². The van der Waals surface area contributed by atoms with E-state index >= 15 is 0 Å². The van der Waals surface area contributed by atoms with Crippen LogP contribution in [0.4, 0.5) is 0 Å². The number of fused-ring (bicyclic) bond motifs is 1. The molecule has 0 bridgehead atoms. The lowest BCUT2D eigenvalue weighted by atomic mass is 9.79. The molecule has 1 aromatic rings. The van der Waals surface area contributed by atoms with Gasteiger partial charge in [0.05, 0.1) is 12.2 Å². The minimum Gasteiger partial charge on any atom is -0.460 e. The van der Waals surface area contributed by atoms with E-state index in [1.165, 1.54) is 0 Å². The molecule has 0 unspecified atom stereocenters. The molecule has 0 saturated heterocycles. The van der Waals surface area contributed by atoms with Crippen molar-refractivity contribution in [2.24, 2.45) is 5.41 Å². The maximum absolute atomic E-state index is 12.9. The number of esters is 1. The van der Waals surface area contributed by atoms with Crippen LogP contribution >= 0.6 is 0 Å². The molecule has 0 atom stereocenters. The molecule has 1 heterocycles. The van der Waals surface area contributed by atoms with Crippen LogP contribution < -0.4 is 0 Å². The molecule has 1 aromatic heterocycles. The van der Waals surface area contributed by atoms with Gasteiger partial charge in [-0.15, -0.1) is 0 Å². The van der Waals surface area contributed by atoms with Gasteiger partial charge >= 0.3 is 5.97 Å². The Balaban J connectivity index is 2.07. The van der Waals surface area contributed by atoms with Crippen LogP contribution in [-0.2, 0) is 11.2 Å². The zero-order chi connectivity index (χ0) is 16.1. The number of ketones is 1. The topological polar surface area (TPSA) is 59.8 Å². The molecule has 0 radical (unpaired) electrons. The molecule has 0 aromatic carbocycles. The van der Waals surface area contributed by atoms with Gasteiger partial charge < -0.3 is 14.1 Å². The third-order valence-corrected chi connectivity index (χ3v) is 4.46. The Morgan fingerprint density at radius 2 is 2.09 bits per heavy atom. The van der Waals surface area contributed by atoms with Crippen LogP contribution in [0.2, 0.25) is 0 Å². The number of Topliss-reactive ketones (excluding diaryl/α,β-unsaturated/α-hetero) is 1. The highest BCUT2D eigenvalue weighted by molar-refractivity contribution is 6.13. The van der Waals surface area contributed by atoms with E-state index in [0.717, 1.165) is 18.4 Å². The number of allylic oxidation sites excluding steroid dienone is 1. The molecule has 2 aliphatic rings. The molecular weight excluding hydrogens is 282 g/mol. The van der Waals surface area contributed by atoms with Gasteiger partial charge in [-0.3, -0.25) is 4.79 Å². The van der Waals surface area contributed by atoms with Crippen LogP contribution in [0.5, 0.6) is 0 Å². The SMILES string of the molecule is CCOC(=O)c1oc2c(c1C)C(=O)/C(=C/N(C)C)C1(CC1)C2. The number of hydrogen-bond donors (Lipinski definition) is 0. The lowest BCUT2D eigenvalue weighted by Gasteiger charge is -2.24. The fourth-order valence-corrected chi connectivity index (χ4v) is 3.22. The Kier molecular flexibility index (Phi) is 3.38. The largest absolute Gasteiger partial charge is 0.460 e. The van der Waals surface area contributed by atoms with Crippen molar-refractivity contribution in [1.29, 1.82) is 0 Å². The van der Waals surface area contributed by atoms with Crippen LogP contribution in [0, 0.1) is 12.3 Å². The predicted molar refractivity (Wildman–Crippen MR) is 80.9 cm³/mol. The standard InChI is InChI=1S/C17H21NO4/c1-5-21-16(20)15-10(2)13-12(22-15)8-17(6-7-17)11(14(13)19)9-18(3)4/h9H,5-8H2,1-4H3/b11-9-. The van der Waals surface area contributed by atoms with Gasteiger partial charge in [-0.25, -0.2) is 4.79 Å². The summed E-state index contributed by atoms with van der Waals surface area (Å²) in [7, 11) is 3.83. The van der Waals surface area contributed by atoms with Crippen LogP contribution in [0.25, 0.3) is 0 Å². The van der Waals surface area contributed by atoms with Crippen LogP contribution in [-0.4, -0.2) is 37.4 Å². The van der Waals surface area contributed by atoms with Gasteiger partial charge in [0.2, 0.25) is 5.76 Å². The van der Waals surface area contributed by atoms with Gasteiger partial charge in [-0.2, -0.15) is 0 Å². The van der Waals surface area contributed by atoms with E-state index in [0.29, 0.717) is 23.3 Å². The van der Waals surface area contributed by atoms with E-state index < -0.39 is 5.97 Å². The Labute approximate surface area is 129 Å². The summed E-state index contributed by atoms with van der Waals surface area (Å²) in [5, 5.41) is 0. The van der Waals surface area contributed by atoms with E-state index in [2.05, 4.69) is 0 Å². The number of nitrogens with zero attached hydrogens (tertiary/aromatic N) is 1. The number of rotatable bonds is 3. The van der Waals surface area contributed by atoms with Gasteiger partial charge in [0.1, 0.15) is 5.76 Å². The Bertz CT molecular complexity index is 677. The highest BCUT2D eigenvalue weighted by Gasteiger charge is 2.54. The average Bonchev–Trinajstić information content (AvgIpc) is 3.12. The average molecular weight is 303 g/mol. The molecule has 1 spiro atoms. The lowest BCUT2D eigenvalue weighted by molar-refractivity contribution is 0.0486. The minimum absolute atomic E-state index is 0.00996. The normalized spacial score (nSPS) is 20.2. The molecule has 0 N–H and O–H groups in total. The highest BCUT2D eigenvalue weighted by Crippen LogP contribution is 2.58. The lowest BCUT2D eigenvalue weighted by Crippen LogP contribution is -2.26. The summed E-state index contributed by atoms with van der Waals surface area (Å²) in [5.41, 5.74) is 1.89. The van der Waals surface area contributed by atoms with Crippen molar-refractivity contribution in [1.82, 2.24) is 4.90 Å². The van der Waals surface area contributed by atoms with E-state index in [-0.39, 0.29) is 23.6 Å². The molecule has 0 aliphatic heterocycles. The quantitative estimate of drug-likeness (QED) is 0.635. The molecule has 3 rings (SSSR count). The molecule has 1 saturated carbocycles. The van der Waals surface area contributed by atoms with Crippen molar-refractivity contribution in [3.05, 3.63) is 34.4 Å². The zero-order valence-corrected chi connectivity index (χ0v) is 13.5. The first-order chi connectivity index (χ1) is 10.4. The van der Waals surface area contributed by atoms with E-state index in [1.54, 1.807) is 13.8 Å². The smallest absolute Gasteiger partial charge is 0.374 e. The van der Waals surface area contributed by atoms with Crippen molar-refractivity contribution >= 4 is 11.8 Å².